The van der Waals surface area contributed by atoms with Crippen molar-refractivity contribution in [2.45, 2.75) is 19.3 Å². The molecule has 9 nitrogen and oxygen atoms in total. The lowest BCUT2D eigenvalue weighted by Crippen LogP contribution is -1.97. The van der Waals surface area contributed by atoms with E-state index in [1.54, 1.807) is 41.8 Å². The summed E-state index contributed by atoms with van der Waals surface area (Å²) in [6.45, 7) is 0. The zero-order valence-corrected chi connectivity index (χ0v) is 19.4. The van der Waals surface area contributed by atoms with Gasteiger partial charge in [0.25, 0.3) is 11.4 Å². The number of nitro benzene ring substituents is 2. The molecule has 0 N–H and O–H groups in total. The summed E-state index contributed by atoms with van der Waals surface area (Å²) in [7, 11) is 0. The van der Waals surface area contributed by atoms with Gasteiger partial charge >= 0.3 is 0 Å². The normalized spacial score (nSPS) is 10.5. The Bertz CT molecular complexity index is 1340. The number of benzene rings is 2. The maximum Gasteiger partial charge on any atom is 0.279 e. The van der Waals surface area contributed by atoms with Crippen molar-refractivity contribution in [2.75, 3.05) is 0 Å². The van der Waals surface area contributed by atoms with Crippen molar-refractivity contribution in [1.82, 2.24) is 9.97 Å². The summed E-state index contributed by atoms with van der Waals surface area (Å²) in [4.78, 5) is 39.3. The lowest BCUT2D eigenvalue weighted by molar-refractivity contribution is -0.384. The Hall–Kier alpha value is -3.97. The van der Waals surface area contributed by atoms with Crippen LogP contribution in [0, 0.1) is 20.2 Å². The average molecular weight is 519 g/mol. The number of nitro groups is 2. The number of carbonyl (C=O) groups excluding carboxylic acids is 1. The Labute approximate surface area is 205 Å². The minimum atomic E-state index is -2.47. The van der Waals surface area contributed by atoms with Crippen LogP contribution in [0.15, 0.2) is 59.3 Å². The molecule has 4 aromatic rings. The predicted octanol–water partition coefficient (Wildman–Crippen LogP) is 5.99. The average Bonchev–Trinajstić information content (AvgIpc) is 3.49. The van der Waals surface area contributed by atoms with E-state index in [1.165, 1.54) is 28.8 Å². The first kappa shape index (κ1) is 25.6. The van der Waals surface area contributed by atoms with Gasteiger partial charge in [-0.25, -0.2) is 18.7 Å². The Kier molecular flexibility index (Phi) is 8.75. The third-order valence-electron chi connectivity index (χ3n) is 4.42. The van der Waals surface area contributed by atoms with Gasteiger partial charge in [0.2, 0.25) is 6.43 Å². The second-order valence-corrected chi connectivity index (χ2v) is 8.52. The number of rotatable bonds is 8. The lowest BCUT2D eigenvalue weighted by Gasteiger charge is -1.98. The topological polar surface area (TPSA) is 129 Å². The van der Waals surface area contributed by atoms with E-state index in [2.05, 4.69) is 9.97 Å². The molecule has 2 aromatic carbocycles. The molecule has 13 heteroatoms. The van der Waals surface area contributed by atoms with Crippen molar-refractivity contribution >= 4 is 40.3 Å². The number of carbonyl (C=O) groups is 1. The number of thiazole rings is 2. The highest BCUT2D eigenvalue weighted by Crippen LogP contribution is 2.33. The molecule has 0 saturated carbocycles. The molecule has 0 fully saturated rings. The van der Waals surface area contributed by atoms with E-state index in [1.807, 2.05) is 0 Å². The molecule has 0 radical (unpaired) electrons. The Balaban J connectivity index is 0.000000196. The number of hydrogen-bond donors (Lipinski definition) is 0. The van der Waals surface area contributed by atoms with Crippen molar-refractivity contribution < 1.29 is 23.4 Å². The van der Waals surface area contributed by atoms with Gasteiger partial charge in [-0.1, -0.05) is 24.3 Å². The number of aromatic nitrogens is 2. The highest BCUT2D eigenvalue weighted by atomic mass is 32.1. The fourth-order valence-electron chi connectivity index (χ4n) is 2.92. The van der Waals surface area contributed by atoms with E-state index in [0.717, 1.165) is 17.6 Å². The minimum Gasteiger partial charge on any atom is -0.303 e. The number of aldehydes is 1. The summed E-state index contributed by atoms with van der Waals surface area (Å²) < 4.78 is 24.4. The Morgan fingerprint density at radius 2 is 1.29 bits per heavy atom. The van der Waals surface area contributed by atoms with Gasteiger partial charge in [-0.15, -0.1) is 22.7 Å². The van der Waals surface area contributed by atoms with Gasteiger partial charge in [0.05, 0.1) is 38.8 Å². The maximum absolute atomic E-state index is 12.2. The summed E-state index contributed by atoms with van der Waals surface area (Å²) in [6, 6.07) is 12.6. The summed E-state index contributed by atoms with van der Waals surface area (Å²) >= 11 is 2.43. The molecule has 0 amide bonds. The van der Waals surface area contributed by atoms with Gasteiger partial charge in [0.15, 0.2) is 0 Å². The van der Waals surface area contributed by atoms with E-state index in [9.17, 15) is 33.8 Å². The van der Waals surface area contributed by atoms with Crippen molar-refractivity contribution in [3.63, 3.8) is 0 Å². The highest BCUT2D eigenvalue weighted by molar-refractivity contribution is 7.13. The largest absolute Gasteiger partial charge is 0.303 e. The molecule has 2 aromatic heterocycles. The quantitative estimate of drug-likeness (QED) is 0.159. The monoisotopic (exact) mass is 518 g/mol. The molecule has 0 aliphatic rings. The lowest BCUT2D eigenvalue weighted by atomic mass is 10.2. The van der Waals surface area contributed by atoms with Crippen molar-refractivity contribution in [2.24, 2.45) is 0 Å². The number of alkyl halides is 2. The smallest absolute Gasteiger partial charge is 0.279 e. The zero-order chi connectivity index (χ0) is 25.4. The molecule has 0 saturated heterocycles. The number of hydrogen-bond acceptors (Lipinski definition) is 9. The van der Waals surface area contributed by atoms with Gasteiger partial charge in [-0.05, 0) is 12.1 Å². The summed E-state index contributed by atoms with van der Waals surface area (Å²) in [5.41, 5.74) is 1.68. The van der Waals surface area contributed by atoms with E-state index < -0.39 is 22.7 Å². The van der Waals surface area contributed by atoms with Gasteiger partial charge in [0.1, 0.15) is 16.3 Å². The SMILES string of the molecule is O=CCc1csc(-c2ccccc2[N+](=O)[O-])n1.O=[N+]([O-])c1ccccc1-c1nc(CC(F)F)cs1. The second kappa shape index (κ2) is 11.9. The molecular formula is C22H16F2N4O5S2. The second-order valence-electron chi connectivity index (χ2n) is 6.80. The van der Waals surface area contributed by atoms with Gasteiger partial charge in [-0.2, -0.15) is 0 Å². The molecule has 180 valence electrons. The van der Waals surface area contributed by atoms with Crippen molar-refractivity contribution in [3.05, 3.63) is 90.9 Å². The van der Waals surface area contributed by atoms with Crippen LogP contribution in [0.4, 0.5) is 20.2 Å². The van der Waals surface area contributed by atoms with Crippen LogP contribution < -0.4 is 0 Å². The molecule has 35 heavy (non-hydrogen) atoms. The Morgan fingerprint density at radius 3 is 1.74 bits per heavy atom. The number of nitrogens with zero attached hydrogens (tertiary/aromatic N) is 4. The van der Waals surface area contributed by atoms with Crippen LogP contribution >= 0.6 is 22.7 Å². The minimum absolute atomic E-state index is 0.0273. The molecule has 0 aliphatic heterocycles. The first-order valence-electron chi connectivity index (χ1n) is 9.88. The van der Waals surface area contributed by atoms with Crippen LogP contribution in [0.5, 0.6) is 0 Å². The highest BCUT2D eigenvalue weighted by Gasteiger charge is 2.18. The third kappa shape index (κ3) is 6.77. The third-order valence-corrected chi connectivity index (χ3v) is 6.27. The number of halogens is 2. The number of para-hydroxylation sites is 2. The van der Waals surface area contributed by atoms with E-state index in [0.29, 0.717) is 26.8 Å². The van der Waals surface area contributed by atoms with Crippen LogP contribution in [0.1, 0.15) is 11.4 Å². The molecule has 0 unspecified atom stereocenters. The summed E-state index contributed by atoms with van der Waals surface area (Å²) in [6.07, 6.45) is -1.90. The van der Waals surface area contributed by atoms with E-state index >= 15 is 0 Å². The molecule has 0 atom stereocenters. The van der Waals surface area contributed by atoms with Crippen LogP contribution in [-0.2, 0) is 17.6 Å². The van der Waals surface area contributed by atoms with Crippen molar-refractivity contribution in [3.8, 4) is 21.1 Å². The van der Waals surface area contributed by atoms with Crippen LogP contribution in [0.2, 0.25) is 0 Å². The van der Waals surface area contributed by atoms with Crippen LogP contribution in [-0.4, -0.2) is 32.5 Å². The fraction of sp³-hybridized carbons (Fsp3) is 0.136. The molecule has 0 aliphatic carbocycles. The van der Waals surface area contributed by atoms with Gasteiger partial charge in [-0.3, -0.25) is 20.2 Å². The van der Waals surface area contributed by atoms with Gasteiger partial charge < -0.3 is 4.79 Å². The first-order chi connectivity index (χ1) is 16.8. The van der Waals surface area contributed by atoms with Crippen molar-refractivity contribution in [1.29, 1.82) is 0 Å². The fourth-order valence-corrected chi connectivity index (χ4v) is 4.65. The predicted molar refractivity (Wildman–Crippen MR) is 128 cm³/mol. The molecule has 2 heterocycles. The van der Waals surface area contributed by atoms with Crippen LogP contribution in [0.25, 0.3) is 21.1 Å². The molecule has 0 spiro atoms. The van der Waals surface area contributed by atoms with Gasteiger partial charge in [0, 0.05) is 29.3 Å². The maximum atomic E-state index is 12.2. The Morgan fingerprint density at radius 1 is 0.829 bits per heavy atom. The molecular weight excluding hydrogens is 502 g/mol. The first-order valence-corrected chi connectivity index (χ1v) is 11.6. The van der Waals surface area contributed by atoms with E-state index in [-0.39, 0.29) is 23.5 Å². The van der Waals surface area contributed by atoms with Crippen LogP contribution in [0.3, 0.4) is 0 Å². The summed E-state index contributed by atoms with van der Waals surface area (Å²) in [5, 5.41) is 25.9. The standard InChI is InChI=1S/C11H8F2N2O2S.C11H8N2O3S/c12-10(13)5-7-6-18-11(14-7)8-3-1-2-4-9(8)15(16)17;14-6-5-8-7-17-11(12-8)9-3-1-2-4-10(9)13(15)16/h1-4,6,10H,5H2;1-4,6-7H,5H2. The molecule has 0 bridgehead atoms. The summed E-state index contributed by atoms with van der Waals surface area (Å²) in [5.74, 6) is 0. The molecule has 4 rings (SSSR count). The van der Waals surface area contributed by atoms with E-state index in [4.69, 9.17) is 0 Å². The zero-order valence-electron chi connectivity index (χ0n) is 17.7.